The lowest BCUT2D eigenvalue weighted by Gasteiger charge is -2.40. The van der Waals surface area contributed by atoms with E-state index in [0.717, 1.165) is 12.0 Å². The van der Waals surface area contributed by atoms with Gasteiger partial charge in [0, 0.05) is 62.4 Å². The molecule has 0 saturated carbocycles. The maximum Gasteiger partial charge on any atom is 0.256 e. The number of sulfonamides is 1. The van der Waals surface area contributed by atoms with Gasteiger partial charge in [-0.3, -0.25) is 23.9 Å². The summed E-state index contributed by atoms with van der Waals surface area (Å²) in [4.78, 5) is 67.9. The van der Waals surface area contributed by atoms with Crippen molar-refractivity contribution in [1.82, 2.24) is 29.6 Å². The normalized spacial score (nSPS) is 18.0. The molecule has 1 saturated heterocycles. The number of amides is 4. The molecule has 0 radical (unpaired) electrons. The molecule has 1 aliphatic rings. The fourth-order valence-corrected chi connectivity index (χ4v) is 8.77. The summed E-state index contributed by atoms with van der Waals surface area (Å²) in [6.45, 7) is 10.3. The largest absolute Gasteiger partial charge is 0.379 e. The smallest absolute Gasteiger partial charge is 0.256 e. The highest BCUT2D eigenvalue weighted by Gasteiger charge is 2.43. The molecule has 0 aromatic heterocycles. The predicted octanol–water partition coefficient (Wildman–Crippen LogP) is 1.93. The van der Waals surface area contributed by atoms with Crippen LogP contribution in [0, 0.1) is 17.8 Å². The summed E-state index contributed by atoms with van der Waals surface area (Å²) >= 11 is 0. The van der Waals surface area contributed by atoms with E-state index in [4.69, 9.17) is 20.2 Å². The summed E-state index contributed by atoms with van der Waals surface area (Å²) in [6, 6.07) is 6.19. The Hall–Kier alpha value is -3.80. The minimum atomic E-state index is -3.98. The van der Waals surface area contributed by atoms with Crippen LogP contribution < -0.4 is 15.8 Å². The van der Waals surface area contributed by atoms with Gasteiger partial charge in [-0.05, 0) is 43.2 Å². The van der Waals surface area contributed by atoms with Gasteiger partial charge in [-0.25, -0.2) is 13.4 Å². The second kappa shape index (κ2) is 23.7. The lowest BCUT2D eigenvalue weighted by Crippen LogP contribution is -2.56. The third kappa shape index (κ3) is 14.2. The molecular formula is C41H72N8O8S. The number of likely N-dealkylation sites (tertiary alicyclic amines) is 1. The topological polar surface area (TPSA) is 196 Å². The summed E-state index contributed by atoms with van der Waals surface area (Å²) in [5, 5.41) is 2.77. The molecule has 0 spiro atoms. The molecule has 330 valence electrons. The maximum absolute atomic E-state index is 14.3. The second-order valence-electron chi connectivity index (χ2n) is 16.2. The molecule has 1 aromatic rings. The first-order chi connectivity index (χ1) is 27.2. The zero-order valence-electron chi connectivity index (χ0n) is 36.9. The predicted molar refractivity (Wildman–Crippen MR) is 227 cm³/mol. The number of ether oxygens (including phenoxy) is 2. The van der Waals surface area contributed by atoms with Gasteiger partial charge in [0.05, 0.1) is 42.4 Å². The Labute approximate surface area is 347 Å². The van der Waals surface area contributed by atoms with Gasteiger partial charge in [0.1, 0.15) is 12.1 Å². The first-order valence-corrected chi connectivity index (χ1v) is 22.0. The highest BCUT2D eigenvalue weighted by Crippen LogP contribution is 2.30. The van der Waals surface area contributed by atoms with Crippen LogP contribution in [-0.4, -0.2) is 162 Å². The molecule has 0 bridgehead atoms. The van der Waals surface area contributed by atoms with Gasteiger partial charge in [-0.2, -0.15) is 0 Å². The highest BCUT2D eigenvalue weighted by molar-refractivity contribution is 7.90. The number of carbonyl (C=O) groups is 4. The summed E-state index contributed by atoms with van der Waals surface area (Å²) in [6.07, 6.45) is 0.817. The van der Waals surface area contributed by atoms with Crippen molar-refractivity contribution in [1.29, 1.82) is 0 Å². The van der Waals surface area contributed by atoms with Crippen LogP contribution in [0.1, 0.15) is 72.3 Å². The summed E-state index contributed by atoms with van der Waals surface area (Å²) < 4.78 is 39.3. The van der Waals surface area contributed by atoms with Gasteiger partial charge in [-0.1, -0.05) is 71.4 Å². The quantitative estimate of drug-likeness (QED) is 0.114. The minimum Gasteiger partial charge on any atom is -0.379 e. The second-order valence-corrected chi connectivity index (χ2v) is 18.0. The average molecular weight is 837 g/mol. The molecule has 1 aromatic carbocycles. The van der Waals surface area contributed by atoms with Crippen molar-refractivity contribution in [3.05, 3.63) is 35.9 Å². The lowest BCUT2D eigenvalue weighted by molar-refractivity contribution is -0.146. The van der Waals surface area contributed by atoms with E-state index >= 15 is 0 Å². The van der Waals surface area contributed by atoms with Crippen LogP contribution in [0.4, 0.5) is 0 Å². The molecule has 4 amide bonds. The van der Waals surface area contributed by atoms with Crippen LogP contribution in [-0.2, 0) is 45.1 Å². The molecule has 1 aliphatic heterocycles. The van der Waals surface area contributed by atoms with Crippen LogP contribution in [0.25, 0.3) is 0 Å². The van der Waals surface area contributed by atoms with Gasteiger partial charge in [0.2, 0.25) is 27.7 Å². The van der Waals surface area contributed by atoms with E-state index < -0.39 is 64.1 Å². The number of methoxy groups -OCH3 is 2. The van der Waals surface area contributed by atoms with Crippen LogP contribution in [0.15, 0.2) is 35.3 Å². The van der Waals surface area contributed by atoms with E-state index in [1.165, 1.54) is 7.11 Å². The third-order valence-corrected chi connectivity index (χ3v) is 12.3. The zero-order chi connectivity index (χ0) is 43.9. The van der Waals surface area contributed by atoms with Gasteiger partial charge in [0.15, 0.2) is 5.96 Å². The highest BCUT2D eigenvalue weighted by atomic mass is 32.2. The SMILES string of the molecule is CC[C@H](C)[C@@H]([C@@H](CC(=O)N1CCC[C@H]1[C@H](OC)[C@@H](C)C(=O)N[C@@H](Cc1ccccc1)C(=O)NS(=O)(=O)CCCN)OC)N(C)C(=O)[C@@H](N=C(N(C)C)N(C)C)C(C)C. The fourth-order valence-electron chi connectivity index (χ4n) is 7.67. The van der Waals surface area contributed by atoms with Crippen LogP contribution in [0.2, 0.25) is 0 Å². The molecule has 17 heteroatoms. The monoisotopic (exact) mass is 837 g/mol. The number of carbonyl (C=O) groups excluding carboxylic acids is 4. The minimum absolute atomic E-state index is 0.00908. The number of hydrogen-bond donors (Lipinski definition) is 3. The van der Waals surface area contributed by atoms with Crippen molar-refractivity contribution in [3.63, 3.8) is 0 Å². The molecular weight excluding hydrogens is 765 g/mol. The summed E-state index contributed by atoms with van der Waals surface area (Å²) in [7, 11) is 8.34. The molecule has 1 fully saturated rings. The lowest BCUT2D eigenvalue weighted by atomic mass is 9.89. The number of likely N-dealkylation sites (N-methyl/N-ethyl adjacent to an activating group) is 1. The van der Waals surface area contributed by atoms with E-state index in [1.54, 1.807) is 55.1 Å². The number of aliphatic imine (C=N–C) groups is 1. The standard InChI is InChI=1S/C41H72N8O8S/c1-13-28(4)36(48(10)40(53)35(27(2)3)44-41(46(6)7)47(8)9)33(56-11)26-34(50)49-23-17-21-32(49)37(57-12)29(5)38(51)43-31(25-30-19-15-14-16-20-30)39(52)45-58(54,55)24-18-22-42/h14-16,19-20,27-29,31-33,35-37H,13,17-18,21-26,42H2,1-12H3,(H,43,51)(H,45,52)/t28-,29+,31-,32-,33+,35-,36-,37+/m0/s1. The van der Waals surface area contributed by atoms with Gasteiger partial charge in [0.25, 0.3) is 5.91 Å². The number of benzene rings is 1. The number of nitrogens with zero attached hydrogens (tertiary/aromatic N) is 5. The van der Waals surface area contributed by atoms with Crippen molar-refractivity contribution in [3.8, 4) is 0 Å². The van der Waals surface area contributed by atoms with Gasteiger partial charge < -0.3 is 40.1 Å². The number of nitrogens with two attached hydrogens (primary N) is 1. The van der Waals surface area contributed by atoms with Crippen molar-refractivity contribution in [2.45, 2.75) is 110 Å². The molecule has 1 heterocycles. The van der Waals surface area contributed by atoms with Gasteiger partial charge >= 0.3 is 0 Å². The molecule has 16 nitrogen and oxygen atoms in total. The molecule has 0 unspecified atom stereocenters. The van der Waals surface area contributed by atoms with E-state index in [-0.39, 0.29) is 55.2 Å². The van der Waals surface area contributed by atoms with Crippen LogP contribution >= 0.6 is 0 Å². The number of guanidine groups is 1. The molecule has 8 atom stereocenters. The Morgan fingerprint density at radius 1 is 0.966 bits per heavy atom. The first kappa shape index (κ1) is 50.3. The summed E-state index contributed by atoms with van der Waals surface area (Å²) in [5.74, 6) is -2.36. The van der Waals surface area contributed by atoms with Crippen molar-refractivity contribution in [2.75, 3.05) is 68.3 Å². The third-order valence-electron chi connectivity index (χ3n) is 11.0. The van der Waals surface area contributed by atoms with Crippen LogP contribution in [0.5, 0.6) is 0 Å². The van der Waals surface area contributed by atoms with Crippen molar-refractivity contribution in [2.24, 2.45) is 28.5 Å². The molecule has 4 N–H and O–H groups in total. The fraction of sp³-hybridized carbons (Fsp3) is 0.732. The van der Waals surface area contributed by atoms with E-state index in [2.05, 4.69) is 10.0 Å². The van der Waals surface area contributed by atoms with E-state index in [9.17, 15) is 27.6 Å². The number of hydrogen-bond acceptors (Lipinski definition) is 10. The molecule has 2 rings (SSSR count). The Morgan fingerprint density at radius 2 is 1.59 bits per heavy atom. The zero-order valence-corrected chi connectivity index (χ0v) is 37.8. The number of nitrogens with one attached hydrogen (secondary N) is 2. The Morgan fingerprint density at radius 3 is 2.10 bits per heavy atom. The molecule has 0 aliphatic carbocycles. The maximum atomic E-state index is 14.3. The van der Waals surface area contributed by atoms with E-state index in [0.29, 0.717) is 25.3 Å². The Kier molecular flexibility index (Phi) is 20.6. The molecule has 58 heavy (non-hydrogen) atoms. The van der Waals surface area contributed by atoms with Crippen molar-refractivity contribution >= 4 is 39.6 Å². The number of rotatable bonds is 22. The van der Waals surface area contributed by atoms with Crippen molar-refractivity contribution < 1.29 is 37.1 Å². The van der Waals surface area contributed by atoms with Crippen LogP contribution in [0.3, 0.4) is 0 Å². The first-order valence-electron chi connectivity index (χ1n) is 20.4. The Balaban J connectivity index is 2.35. The summed E-state index contributed by atoms with van der Waals surface area (Å²) in [5.41, 5.74) is 6.21. The van der Waals surface area contributed by atoms with E-state index in [1.807, 2.05) is 71.8 Å². The van der Waals surface area contributed by atoms with Gasteiger partial charge in [-0.15, -0.1) is 0 Å². The average Bonchev–Trinajstić information content (AvgIpc) is 3.66. The Bertz CT molecular complexity index is 1600.